The number of rotatable bonds is 4. The second kappa shape index (κ2) is 6.68. The molecule has 0 N–H and O–H groups in total. The maximum atomic E-state index is 10.8. The molecular weight excluding hydrogens is 372 g/mol. The van der Waals surface area contributed by atoms with Crippen molar-refractivity contribution in [3.05, 3.63) is 68.8 Å². The molecule has 2 heterocycles. The zero-order valence-corrected chi connectivity index (χ0v) is 14.6. The predicted octanol–water partition coefficient (Wildman–Crippen LogP) is 3.29. The zero-order chi connectivity index (χ0) is 19.0. The second-order valence-electron chi connectivity index (χ2n) is 5.77. The average molecular weight is 384 g/mol. The summed E-state index contributed by atoms with van der Waals surface area (Å²) in [6.45, 7) is 0.472. The van der Waals surface area contributed by atoms with Crippen LogP contribution in [0.25, 0.3) is 11.4 Å². The van der Waals surface area contributed by atoms with Gasteiger partial charge in [-0.2, -0.15) is 0 Å². The maximum Gasteiger partial charge on any atom is 0.269 e. The molecule has 0 bridgehead atoms. The van der Waals surface area contributed by atoms with Crippen molar-refractivity contribution in [1.82, 2.24) is 14.8 Å². The molecule has 0 amide bonds. The van der Waals surface area contributed by atoms with Crippen LogP contribution in [0.2, 0.25) is 0 Å². The normalized spacial score (nSPS) is 13.3. The van der Waals surface area contributed by atoms with Crippen LogP contribution in [-0.4, -0.2) is 30.5 Å². The van der Waals surface area contributed by atoms with Crippen molar-refractivity contribution < 1.29 is 9.85 Å². The fourth-order valence-corrected chi connectivity index (χ4v) is 3.66. The molecule has 11 heteroatoms. The van der Waals surface area contributed by atoms with Gasteiger partial charge in [0.15, 0.2) is 11.0 Å². The molecular formula is C16H12N6O4S. The molecule has 1 aromatic heterocycles. The first-order valence-corrected chi connectivity index (χ1v) is 8.82. The fourth-order valence-electron chi connectivity index (χ4n) is 2.76. The Labute approximate surface area is 156 Å². The molecule has 0 atom stereocenters. The summed E-state index contributed by atoms with van der Waals surface area (Å²) in [5.41, 5.74) is 1.63. The summed E-state index contributed by atoms with van der Waals surface area (Å²) in [6, 6.07) is 12.5. The first-order valence-electron chi connectivity index (χ1n) is 7.83. The molecule has 3 aromatic rings. The number of non-ortho nitro benzene ring substituents is 2. The van der Waals surface area contributed by atoms with E-state index in [1.54, 1.807) is 24.3 Å². The van der Waals surface area contributed by atoms with E-state index in [-0.39, 0.29) is 11.4 Å². The highest BCUT2D eigenvalue weighted by Gasteiger charge is 2.23. The lowest BCUT2D eigenvalue weighted by atomic mass is 10.2. The highest BCUT2D eigenvalue weighted by molar-refractivity contribution is 7.99. The topological polar surface area (TPSA) is 120 Å². The molecule has 27 heavy (non-hydrogen) atoms. The van der Waals surface area contributed by atoms with E-state index in [9.17, 15) is 20.2 Å². The lowest BCUT2D eigenvalue weighted by Crippen LogP contribution is -2.30. The standard InChI is InChI=1S/C16H12N6O4S/c23-21(24)13-3-1-11(2-4-13)15-17-18-16-20(15)9-19(10-27-16)12-5-7-14(8-6-12)22(25)26/h1-8H,9-10H2. The Morgan fingerprint density at radius 1 is 0.889 bits per heavy atom. The van der Waals surface area contributed by atoms with Crippen molar-refractivity contribution in [2.45, 2.75) is 11.8 Å². The van der Waals surface area contributed by atoms with Gasteiger partial charge in [-0.1, -0.05) is 11.8 Å². The van der Waals surface area contributed by atoms with E-state index in [2.05, 4.69) is 10.2 Å². The number of thioether (sulfide) groups is 1. The van der Waals surface area contributed by atoms with E-state index < -0.39 is 9.85 Å². The molecule has 136 valence electrons. The molecule has 0 spiro atoms. The van der Waals surface area contributed by atoms with Crippen LogP contribution in [0, 0.1) is 20.2 Å². The Bertz CT molecular complexity index is 1020. The Kier molecular flexibility index (Phi) is 4.20. The minimum absolute atomic E-state index is 0.0130. The minimum atomic E-state index is -0.449. The first-order chi connectivity index (χ1) is 13.0. The molecule has 1 aliphatic rings. The number of nitro benzene ring substituents is 2. The largest absolute Gasteiger partial charge is 0.344 e. The number of aromatic nitrogens is 3. The number of nitrogens with zero attached hydrogens (tertiary/aromatic N) is 6. The van der Waals surface area contributed by atoms with Crippen LogP contribution < -0.4 is 4.90 Å². The van der Waals surface area contributed by atoms with Crippen LogP contribution in [0.5, 0.6) is 0 Å². The number of nitro groups is 2. The van der Waals surface area contributed by atoms with E-state index in [1.807, 2.05) is 9.47 Å². The summed E-state index contributed by atoms with van der Waals surface area (Å²) in [4.78, 5) is 22.8. The third-order valence-corrected chi connectivity index (χ3v) is 5.14. The molecule has 0 radical (unpaired) electrons. The van der Waals surface area contributed by atoms with E-state index in [0.717, 1.165) is 16.4 Å². The summed E-state index contributed by atoms with van der Waals surface area (Å²) in [6.07, 6.45) is 0. The van der Waals surface area contributed by atoms with Crippen molar-refractivity contribution in [2.24, 2.45) is 0 Å². The third kappa shape index (κ3) is 3.19. The van der Waals surface area contributed by atoms with Crippen LogP contribution in [0.4, 0.5) is 17.1 Å². The summed E-state index contributed by atoms with van der Waals surface area (Å²) in [5, 5.41) is 30.8. The summed E-state index contributed by atoms with van der Waals surface area (Å²) < 4.78 is 1.91. The van der Waals surface area contributed by atoms with Gasteiger partial charge in [-0.05, 0) is 24.3 Å². The van der Waals surface area contributed by atoms with E-state index >= 15 is 0 Å². The third-order valence-electron chi connectivity index (χ3n) is 4.14. The molecule has 0 unspecified atom stereocenters. The molecule has 4 rings (SSSR count). The van der Waals surface area contributed by atoms with Gasteiger partial charge in [0.2, 0.25) is 0 Å². The van der Waals surface area contributed by atoms with E-state index in [4.69, 9.17) is 0 Å². The Morgan fingerprint density at radius 2 is 1.48 bits per heavy atom. The van der Waals surface area contributed by atoms with Gasteiger partial charge in [-0.25, -0.2) is 0 Å². The Hall–Kier alpha value is -3.47. The second-order valence-corrected chi connectivity index (χ2v) is 6.68. The van der Waals surface area contributed by atoms with Crippen LogP contribution in [0.15, 0.2) is 53.7 Å². The van der Waals surface area contributed by atoms with Crippen LogP contribution in [-0.2, 0) is 6.67 Å². The monoisotopic (exact) mass is 384 g/mol. The molecule has 1 aliphatic heterocycles. The zero-order valence-electron chi connectivity index (χ0n) is 13.8. The predicted molar refractivity (Wildman–Crippen MR) is 98.4 cm³/mol. The number of anilines is 1. The van der Waals surface area contributed by atoms with Crippen molar-refractivity contribution in [1.29, 1.82) is 0 Å². The Morgan fingerprint density at radius 3 is 2.07 bits per heavy atom. The first kappa shape index (κ1) is 17.0. The molecule has 2 aromatic carbocycles. The van der Waals surface area contributed by atoms with Gasteiger partial charge < -0.3 is 4.90 Å². The molecule has 10 nitrogen and oxygen atoms in total. The van der Waals surface area contributed by atoms with Gasteiger partial charge in [0.05, 0.1) is 22.4 Å². The van der Waals surface area contributed by atoms with Gasteiger partial charge in [0, 0.05) is 35.5 Å². The smallest absolute Gasteiger partial charge is 0.269 e. The maximum absolute atomic E-state index is 10.8. The molecule has 0 fully saturated rings. The highest BCUT2D eigenvalue weighted by atomic mass is 32.2. The number of benzene rings is 2. The SMILES string of the molecule is O=[N+]([O-])c1ccc(-c2nnc3n2CN(c2ccc([N+](=O)[O-])cc2)CS3)cc1. The lowest BCUT2D eigenvalue weighted by Gasteiger charge is -2.29. The molecule has 0 saturated carbocycles. The van der Waals surface area contributed by atoms with Crippen molar-refractivity contribution in [2.75, 3.05) is 10.8 Å². The summed E-state index contributed by atoms with van der Waals surface area (Å²) >= 11 is 1.50. The van der Waals surface area contributed by atoms with E-state index in [1.165, 1.54) is 36.0 Å². The number of hydrogen-bond acceptors (Lipinski definition) is 8. The van der Waals surface area contributed by atoms with Gasteiger partial charge in [-0.3, -0.25) is 24.8 Å². The van der Waals surface area contributed by atoms with Gasteiger partial charge in [0.1, 0.15) is 0 Å². The molecule has 0 saturated heterocycles. The number of hydrogen-bond donors (Lipinski definition) is 0. The summed E-state index contributed by atoms with van der Waals surface area (Å²) in [5.74, 6) is 1.25. The van der Waals surface area contributed by atoms with Crippen molar-refractivity contribution in [3.63, 3.8) is 0 Å². The van der Waals surface area contributed by atoms with Gasteiger partial charge in [0.25, 0.3) is 11.4 Å². The van der Waals surface area contributed by atoms with Gasteiger partial charge in [-0.15, -0.1) is 10.2 Å². The van der Waals surface area contributed by atoms with Crippen LogP contribution >= 0.6 is 11.8 Å². The summed E-state index contributed by atoms with van der Waals surface area (Å²) in [7, 11) is 0. The van der Waals surface area contributed by atoms with Crippen molar-refractivity contribution in [3.8, 4) is 11.4 Å². The minimum Gasteiger partial charge on any atom is -0.344 e. The van der Waals surface area contributed by atoms with Gasteiger partial charge >= 0.3 is 0 Å². The van der Waals surface area contributed by atoms with Crippen LogP contribution in [0.3, 0.4) is 0 Å². The number of fused-ring (bicyclic) bond motifs is 1. The molecule has 0 aliphatic carbocycles. The van der Waals surface area contributed by atoms with Crippen LogP contribution in [0.1, 0.15) is 0 Å². The fraction of sp³-hybridized carbons (Fsp3) is 0.125. The van der Waals surface area contributed by atoms with Crippen molar-refractivity contribution >= 4 is 28.8 Å². The Balaban J connectivity index is 1.61. The highest BCUT2D eigenvalue weighted by Crippen LogP contribution is 2.32. The van der Waals surface area contributed by atoms with E-state index in [0.29, 0.717) is 18.4 Å². The lowest BCUT2D eigenvalue weighted by molar-refractivity contribution is -0.385. The quantitative estimate of drug-likeness (QED) is 0.496. The average Bonchev–Trinajstić information content (AvgIpc) is 3.11.